The van der Waals surface area contributed by atoms with Gasteiger partial charge in [0.2, 0.25) is 0 Å². The highest BCUT2D eigenvalue weighted by atomic mass is 79.9. The number of likely N-dealkylation sites (tertiary alicyclic amines) is 1. The van der Waals surface area contributed by atoms with Gasteiger partial charge in [-0.3, -0.25) is 4.90 Å². The number of halogens is 2. The van der Waals surface area contributed by atoms with Gasteiger partial charge in [0.05, 0.1) is 4.47 Å². The van der Waals surface area contributed by atoms with Crippen LogP contribution in [0, 0.1) is 5.82 Å². The van der Waals surface area contributed by atoms with Crippen LogP contribution >= 0.6 is 15.9 Å². The molecule has 1 aliphatic rings. The number of likely N-dealkylation sites (N-methyl/N-ethyl adjacent to an activating group) is 1. The molecule has 2 nitrogen and oxygen atoms in total. The van der Waals surface area contributed by atoms with E-state index in [1.165, 1.54) is 19.4 Å². The monoisotopic (exact) mass is 314 g/mol. The largest absolute Gasteiger partial charge is 0.311 e. The van der Waals surface area contributed by atoms with Gasteiger partial charge >= 0.3 is 0 Å². The van der Waals surface area contributed by atoms with Crippen molar-refractivity contribution in [2.75, 3.05) is 19.6 Å². The molecule has 4 heteroatoms. The van der Waals surface area contributed by atoms with Crippen LogP contribution in [-0.2, 0) is 6.54 Å². The third-order valence-corrected chi connectivity index (χ3v) is 4.24. The van der Waals surface area contributed by atoms with Crippen LogP contribution in [0.15, 0.2) is 22.7 Å². The molecular formula is C14H20BrFN2. The van der Waals surface area contributed by atoms with Crippen LogP contribution in [0.5, 0.6) is 0 Å². The van der Waals surface area contributed by atoms with Crippen molar-refractivity contribution in [2.45, 2.75) is 32.4 Å². The van der Waals surface area contributed by atoms with E-state index in [2.05, 4.69) is 33.1 Å². The van der Waals surface area contributed by atoms with E-state index in [4.69, 9.17) is 0 Å². The molecule has 1 saturated heterocycles. The topological polar surface area (TPSA) is 15.3 Å². The van der Waals surface area contributed by atoms with Gasteiger partial charge in [-0.2, -0.15) is 0 Å². The fourth-order valence-electron chi connectivity index (χ4n) is 2.58. The lowest BCUT2D eigenvalue weighted by atomic mass is 10.2. The van der Waals surface area contributed by atoms with Gasteiger partial charge in [-0.05, 0) is 59.6 Å². The Kier molecular flexibility index (Phi) is 5.15. The molecule has 0 aromatic heterocycles. The number of hydrogen-bond donors (Lipinski definition) is 1. The van der Waals surface area contributed by atoms with Gasteiger partial charge < -0.3 is 5.32 Å². The molecule has 100 valence electrons. The summed E-state index contributed by atoms with van der Waals surface area (Å²) >= 11 is 3.17. The van der Waals surface area contributed by atoms with Crippen LogP contribution in [0.2, 0.25) is 0 Å². The Bertz CT molecular complexity index is 397. The maximum atomic E-state index is 13.3. The first-order valence-corrected chi connectivity index (χ1v) is 7.38. The van der Waals surface area contributed by atoms with E-state index in [-0.39, 0.29) is 5.82 Å². The predicted molar refractivity (Wildman–Crippen MR) is 76.1 cm³/mol. The smallest absolute Gasteiger partial charge is 0.137 e. The summed E-state index contributed by atoms with van der Waals surface area (Å²) in [6.07, 6.45) is 2.57. The molecule has 1 aromatic carbocycles. The standard InChI is InChI=1S/C14H20BrFN2/c1-2-18-7-3-4-12(18)10-17-9-11-5-6-13(15)14(16)8-11/h5-6,8,12,17H,2-4,7,9-10H2,1H3. The van der Waals surface area contributed by atoms with Crippen molar-refractivity contribution >= 4 is 15.9 Å². The molecule has 1 fully saturated rings. The van der Waals surface area contributed by atoms with Crippen molar-refractivity contribution in [1.29, 1.82) is 0 Å². The number of nitrogens with one attached hydrogen (secondary N) is 1. The van der Waals surface area contributed by atoms with Crippen LogP contribution in [0.25, 0.3) is 0 Å². The minimum atomic E-state index is -0.189. The molecule has 0 aliphatic carbocycles. The highest BCUT2D eigenvalue weighted by Gasteiger charge is 2.21. The molecule has 2 rings (SSSR count). The van der Waals surface area contributed by atoms with Crippen molar-refractivity contribution < 1.29 is 4.39 Å². The van der Waals surface area contributed by atoms with Crippen LogP contribution in [0.3, 0.4) is 0 Å². The Balaban J connectivity index is 1.79. The molecule has 1 atom stereocenters. The van der Waals surface area contributed by atoms with Crippen LogP contribution in [0.1, 0.15) is 25.3 Å². The lowest BCUT2D eigenvalue weighted by molar-refractivity contribution is 0.260. The number of hydrogen-bond acceptors (Lipinski definition) is 2. The van der Waals surface area contributed by atoms with E-state index >= 15 is 0 Å². The van der Waals surface area contributed by atoms with Crippen LogP contribution in [-0.4, -0.2) is 30.6 Å². The molecule has 0 amide bonds. The van der Waals surface area contributed by atoms with Gasteiger partial charge in [0.25, 0.3) is 0 Å². The van der Waals surface area contributed by atoms with Crippen LogP contribution in [0.4, 0.5) is 4.39 Å². The molecule has 0 bridgehead atoms. The molecule has 0 spiro atoms. The predicted octanol–water partition coefficient (Wildman–Crippen LogP) is 3.16. The highest BCUT2D eigenvalue weighted by molar-refractivity contribution is 9.10. The zero-order valence-corrected chi connectivity index (χ0v) is 12.3. The summed E-state index contributed by atoms with van der Waals surface area (Å²) in [7, 11) is 0. The van der Waals surface area contributed by atoms with Gasteiger partial charge in [0, 0.05) is 19.1 Å². The van der Waals surface area contributed by atoms with E-state index < -0.39 is 0 Å². The Hall–Kier alpha value is -0.450. The average molecular weight is 315 g/mol. The Morgan fingerprint density at radius 2 is 2.33 bits per heavy atom. The molecule has 18 heavy (non-hydrogen) atoms. The van der Waals surface area contributed by atoms with Gasteiger partial charge in [0.1, 0.15) is 5.82 Å². The summed E-state index contributed by atoms with van der Waals surface area (Å²) in [5, 5.41) is 3.43. The summed E-state index contributed by atoms with van der Waals surface area (Å²) in [5.41, 5.74) is 0.997. The summed E-state index contributed by atoms with van der Waals surface area (Å²) in [4.78, 5) is 2.51. The van der Waals surface area contributed by atoms with Crippen molar-refractivity contribution in [1.82, 2.24) is 10.2 Å². The Labute approximate surface area is 117 Å². The average Bonchev–Trinajstić information content (AvgIpc) is 2.81. The Morgan fingerprint density at radius 3 is 3.06 bits per heavy atom. The van der Waals surface area contributed by atoms with E-state index in [1.54, 1.807) is 12.1 Å². The highest BCUT2D eigenvalue weighted by Crippen LogP contribution is 2.17. The molecule has 1 heterocycles. The molecule has 1 aliphatic heterocycles. The maximum absolute atomic E-state index is 13.3. The lowest BCUT2D eigenvalue weighted by Crippen LogP contribution is -2.37. The van der Waals surface area contributed by atoms with Gasteiger partial charge in [0.15, 0.2) is 0 Å². The molecule has 0 saturated carbocycles. The minimum Gasteiger partial charge on any atom is -0.311 e. The van der Waals surface area contributed by atoms with Gasteiger partial charge in [-0.25, -0.2) is 4.39 Å². The fraction of sp³-hybridized carbons (Fsp3) is 0.571. The molecule has 1 N–H and O–H groups in total. The first-order valence-electron chi connectivity index (χ1n) is 6.59. The second kappa shape index (κ2) is 6.64. The molecule has 1 aromatic rings. The van der Waals surface area contributed by atoms with Crippen molar-refractivity contribution in [3.63, 3.8) is 0 Å². The van der Waals surface area contributed by atoms with Crippen LogP contribution < -0.4 is 5.32 Å². The zero-order valence-electron chi connectivity index (χ0n) is 10.8. The van der Waals surface area contributed by atoms with Crippen molar-refractivity contribution in [3.05, 3.63) is 34.1 Å². The maximum Gasteiger partial charge on any atom is 0.137 e. The number of rotatable bonds is 5. The third-order valence-electron chi connectivity index (χ3n) is 3.60. The minimum absolute atomic E-state index is 0.189. The van der Waals surface area contributed by atoms with E-state index in [0.29, 0.717) is 10.5 Å². The summed E-state index contributed by atoms with van der Waals surface area (Å²) in [6, 6.07) is 5.95. The SMILES string of the molecule is CCN1CCCC1CNCc1ccc(Br)c(F)c1. The van der Waals surface area contributed by atoms with E-state index in [1.807, 2.05) is 6.07 Å². The molecule has 1 unspecified atom stereocenters. The van der Waals surface area contributed by atoms with E-state index in [0.717, 1.165) is 25.2 Å². The fourth-order valence-corrected chi connectivity index (χ4v) is 2.82. The molecule has 0 radical (unpaired) electrons. The van der Waals surface area contributed by atoms with E-state index in [9.17, 15) is 4.39 Å². The lowest BCUT2D eigenvalue weighted by Gasteiger charge is -2.23. The van der Waals surface area contributed by atoms with Crippen molar-refractivity contribution in [2.24, 2.45) is 0 Å². The first kappa shape index (κ1) is 14.0. The number of benzene rings is 1. The second-order valence-electron chi connectivity index (χ2n) is 4.80. The first-order chi connectivity index (χ1) is 8.70. The summed E-state index contributed by atoms with van der Waals surface area (Å²) in [5.74, 6) is -0.189. The second-order valence-corrected chi connectivity index (χ2v) is 5.66. The molecular weight excluding hydrogens is 295 g/mol. The summed E-state index contributed by atoms with van der Waals surface area (Å²) in [6.45, 7) is 6.28. The zero-order chi connectivity index (χ0) is 13.0. The normalized spacial score (nSPS) is 20.5. The summed E-state index contributed by atoms with van der Waals surface area (Å²) < 4.78 is 13.9. The van der Waals surface area contributed by atoms with Gasteiger partial charge in [-0.15, -0.1) is 0 Å². The third kappa shape index (κ3) is 3.53. The Morgan fingerprint density at radius 1 is 1.50 bits per heavy atom. The van der Waals surface area contributed by atoms with Crippen molar-refractivity contribution in [3.8, 4) is 0 Å². The van der Waals surface area contributed by atoms with Gasteiger partial charge in [-0.1, -0.05) is 13.0 Å². The quantitative estimate of drug-likeness (QED) is 0.898. The number of nitrogens with zero attached hydrogens (tertiary/aromatic N) is 1.